The second-order valence-electron chi connectivity index (χ2n) is 7.40. The first kappa shape index (κ1) is 18.0. The third-order valence-corrected chi connectivity index (χ3v) is 5.30. The number of hydrogen-bond donors (Lipinski definition) is 0. The SMILES string of the molecule is CC(C)C[C@H]1[C@H]2C(=O)N(c3ccc(Cl)cc3)C(=O)[C@H]2ON1c1ccccc1. The Labute approximate surface area is 163 Å². The van der Waals surface area contributed by atoms with Crippen molar-refractivity contribution in [3.05, 3.63) is 59.6 Å². The van der Waals surface area contributed by atoms with Gasteiger partial charge in [-0.15, -0.1) is 0 Å². The minimum absolute atomic E-state index is 0.189. The van der Waals surface area contributed by atoms with Gasteiger partial charge in [0.25, 0.3) is 5.91 Å². The van der Waals surface area contributed by atoms with Gasteiger partial charge < -0.3 is 0 Å². The summed E-state index contributed by atoms with van der Waals surface area (Å²) in [6.07, 6.45) is -0.0408. The highest BCUT2D eigenvalue weighted by Gasteiger charge is 2.59. The van der Waals surface area contributed by atoms with Crippen molar-refractivity contribution < 1.29 is 14.4 Å². The first-order chi connectivity index (χ1) is 13.0. The Morgan fingerprint density at radius 3 is 2.26 bits per heavy atom. The van der Waals surface area contributed by atoms with Crippen LogP contribution in [0.25, 0.3) is 0 Å². The Morgan fingerprint density at radius 1 is 0.963 bits per heavy atom. The second-order valence-corrected chi connectivity index (χ2v) is 7.83. The molecule has 0 bridgehead atoms. The number of carbonyl (C=O) groups is 2. The summed E-state index contributed by atoms with van der Waals surface area (Å²) in [4.78, 5) is 33.5. The molecule has 0 aromatic heterocycles. The molecule has 2 fully saturated rings. The van der Waals surface area contributed by atoms with Crippen molar-refractivity contribution in [3.63, 3.8) is 0 Å². The monoisotopic (exact) mass is 384 g/mol. The summed E-state index contributed by atoms with van der Waals surface area (Å²) in [6.45, 7) is 4.21. The minimum Gasteiger partial charge on any atom is -0.273 e. The predicted molar refractivity (Wildman–Crippen MR) is 104 cm³/mol. The van der Waals surface area contributed by atoms with Crippen molar-refractivity contribution in [1.82, 2.24) is 0 Å². The molecule has 6 heteroatoms. The van der Waals surface area contributed by atoms with E-state index in [0.29, 0.717) is 16.6 Å². The molecule has 3 atom stereocenters. The van der Waals surface area contributed by atoms with Crippen molar-refractivity contribution >= 4 is 34.8 Å². The molecule has 2 aromatic rings. The Balaban J connectivity index is 1.69. The summed E-state index contributed by atoms with van der Waals surface area (Å²) in [5.74, 6) is -0.692. The smallest absolute Gasteiger partial charge is 0.266 e. The molecule has 27 heavy (non-hydrogen) atoms. The molecule has 140 valence electrons. The fourth-order valence-corrected chi connectivity index (χ4v) is 4.01. The highest BCUT2D eigenvalue weighted by Crippen LogP contribution is 2.42. The largest absolute Gasteiger partial charge is 0.273 e. The van der Waals surface area contributed by atoms with E-state index in [1.807, 2.05) is 30.3 Å². The average Bonchev–Trinajstić information content (AvgIpc) is 3.13. The lowest BCUT2D eigenvalue weighted by molar-refractivity contribution is -0.126. The van der Waals surface area contributed by atoms with Crippen LogP contribution in [0.2, 0.25) is 5.02 Å². The molecule has 0 N–H and O–H groups in total. The lowest BCUT2D eigenvalue weighted by Crippen LogP contribution is -2.41. The zero-order valence-corrected chi connectivity index (χ0v) is 16.0. The first-order valence-electron chi connectivity index (χ1n) is 9.12. The van der Waals surface area contributed by atoms with E-state index in [9.17, 15) is 9.59 Å². The number of hydrogen-bond acceptors (Lipinski definition) is 4. The summed E-state index contributed by atoms with van der Waals surface area (Å²) in [5.41, 5.74) is 1.39. The number of fused-ring (bicyclic) bond motifs is 1. The molecular formula is C21H21ClN2O3. The van der Waals surface area contributed by atoms with Crippen molar-refractivity contribution in [2.75, 3.05) is 9.96 Å². The number of anilines is 2. The van der Waals surface area contributed by atoms with E-state index in [2.05, 4.69) is 13.8 Å². The lowest BCUT2D eigenvalue weighted by Gasteiger charge is -2.29. The molecule has 2 aromatic carbocycles. The van der Waals surface area contributed by atoms with Crippen LogP contribution >= 0.6 is 11.6 Å². The van der Waals surface area contributed by atoms with Gasteiger partial charge in [0.2, 0.25) is 5.91 Å². The summed E-state index contributed by atoms with van der Waals surface area (Å²) in [6, 6.07) is 16.2. The second kappa shape index (κ2) is 6.98. The number of amides is 2. The molecule has 2 saturated heterocycles. The fourth-order valence-electron chi connectivity index (χ4n) is 3.89. The van der Waals surface area contributed by atoms with Crippen molar-refractivity contribution in [2.24, 2.45) is 11.8 Å². The van der Waals surface area contributed by atoms with Gasteiger partial charge in [0.1, 0.15) is 0 Å². The normalized spacial score (nSPS) is 24.8. The lowest BCUT2D eigenvalue weighted by atomic mass is 9.90. The molecule has 2 amide bonds. The Bertz CT molecular complexity index is 853. The molecule has 2 aliphatic heterocycles. The van der Waals surface area contributed by atoms with Gasteiger partial charge in [-0.2, -0.15) is 0 Å². The van der Waals surface area contributed by atoms with Crippen LogP contribution in [0.15, 0.2) is 54.6 Å². The number of carbonyl (C=O) groups excluding carboxylic acids is 2. The molecule has 5 nitrogen and oxygen atoms in total. The Morgan fingerprint density at radius 2 is 1.63 bits per heavy atom. The Hall–Kier alpha value is -2.37. The molecule has 0 unspecified atom stereocenters. The van der Waals surface area contributed by atoms with E-state index in [1.165, 1.54) is 4.90 Å². The number of halogens is 1. The van der Waals surface area contributed by atoms with Gasteiger partial charge in [0, 0.05) is 5.02 Å². The summed E-state index contributed by atoms with van der Waals surface area (Å²) < 4.78 is 0. The molecular weight excluding hydrogens is 364 g/mol. The first-order valence-corrected chi connectivity index (χ1v) is 9.49. The molecule has 0 aliphatic carbocycles. The van der Waals surface area contributed by atoms with E-state index in [0.717, 1.165) is 12.1 Å². The number of para-hydroxylation sites is 1. The molecule has 0 saturated carbocycles. The molecule has 2 aliphatic rings. The van der Waals surface area contributed by atoms with Crippen LogP contribution in [-0.4, -0.2) is 24.0 Å². The number of hydroxylamine groups is 1. The standard InChI is InChI=1S/C21H21ClN2O3/c1-13(2)12-17-18-19(27-24(17)16-6-4-3-5-7-16)21(26)23(20(18)25)15-10-8-14(22)9-11-15/h3-11,13,17-19H,12H2,1-2H3/t17-,18+,19-/m0/s1. The van der Waals surface area contributed by atoms with Gasteiger partial charge in [-0.05, 0) is 48.7 Å². The van der Waals surface area contributed by atoms with E-state index in [4.69, 9.17) is 16.4 Å². The van der Waals surface area contributed by atoms with Gasteiger partial charge in [-0.3, -0.25) is 14.4 Å². The van der Waals surface area contributed by atoms with Crippen LogP contribution in [0.5, 0.6) is 0 Å². The molecule has 2 heterocycles. The Kier molecular flexibility index (Phi) is 4.66. The highest BCUT2D eigenvalue weighted by molar-refractivity contribution is 6.31. The third kappa shape index (κ3) is 3.11. The number of nitrogens with zero attached hydrogens (tertiary/aromatic N) is 2. The van der Waals surface area contributed by atoms with Crippen LogP contribution < -0.4 is 9.96 Å². The molecule has 0 radical (unpaired) electrons. The highest BCUT2D eigenvalue weighted by atomic mass is 35.5. The van der Waals surface area contributed by atoms with E-state index in [1.54, 1.807) is 29.3 Å². The fraction of sp³-hybridized carbons (Fsp3) is 0.333. The van der Waals surface area contributed by atoms with E-state index < -0.39 is 12.0 Å². The number of rotatable bonds is 4. The van der Waals surface area contributed by atoms with Crippen LogP contribution in [0.3, 0.4) is 0 Å². The van der Waals surface area contributed by atoms with Gasteiger partial charge in [-0.25, -0.2) is 9.96 Å². The summed E-state index contributed by atoms with van der Waals surface area (Å²) >= 11 is 5.93. The minimum atomic E-state index is -0.794. The maximum Gasteiger partial charge on any atom is 0.266 e. The van der Waals surface area contributed by atoms with Crippen LogP contribution in [0.4, 0.5) is 11.4 Å². The van der Waals surface area contributed by atoms with Crippen LogP contribution in [0, 0.1) is 11.8 Å². The molecule has 0 spiro atoms. The third-order valence-electron chi connectivity index (χ3n) is 5.05. The predicted octanol–water partition coefficient (Wildman–Crippen LogP) is 4.06. The zero-order valence-electron chi connectivity index (χ0n) is 15.2. The van der Waals surface area contributed by atoms with Crippen molar-refractivity contribution in [2.45, 2.75) is 32.4 Å². The summed E-state index contributed by atoms with van der Waals surface area (Å²) in [7, 11) is 0. The average molecular weight is 385 g/mol. The van der Waals surface area contributed by atoms with E-state index in [-0.39, 0.29) is 17.9 Å². The summed E-state index contributed by atoms with van der Waals surface area (Å²) in [5, 5.41) is 2.31. The van der Waals surface area contributed by atoms with E-state index >= 15 is 0 Å². The van der Waals surface area contributed by atoms with Crippen LogP contribution in [-0.2, 0) is 14.4 Å². The van der Waals surface area contributed by atoms with Gasteiger partial charge in [0.15, 0.2) is 6.10 Å². The van der Waals surface area contributed by atoms with Crippen molar-refractivity contribution in [1.29, 1.82) is 0 Å². The maximum absolute atomic E-state index is 13.2. The van der Waals surface area contributed by atoms with Gasteiger partial charge in [0.05, 0.1) is 23.3 Å². The van der Waals surface area contributed by atoms with Gasteiger partial charge >= 0.3 is 0 Å². The van der Waals surface area contributed by atoms with Gasteiger partial charge in [-0.1, -0.05) is 43.6 Å². The number of benzene rings is 2. The number of imide groups is 1. The quantitative estimate of drug-likeness (QED) is 0.746. The van der Waals surface area contributed by atoms with Crippen molar-refractivity contribution in [3.8, 4) is 0 Å². The van der Waals surface area contributed by atoms with Crippen LogP contribution in [0.1, 0.15) is 20.3 Å². The maximum atomic E-state index is 13.2. The zero-order chi connectivity index (χ0) is 19.1. The molecule has 4 rings (SSSR count). The topological polar surface area (TPSA) is 49.9 Å².